The van der Waals surface area contributed by atoms with Gasteiger partial charge in [0, 0.05) is 0 Å². The molecule has 0 bridgehead atoms. The molecule has 0 aliphatic carbocycles. The molecule has 0 N–H and O–H groups in total. The minimum atomic E-state index is 0. The molecule has 0 aromatic heterocycles. The van der Waals surface area contributed by atoms with Gasteiger partial charge in [0.2, 0.25) is 0 Å². The normalized spacial score (nSPS) is 8.71. The Balaban J connectivity index is 0.00000128. The van der Waals surface area contributed by atoms with Crippen molar-refractivity contribution in [2.45, 2.75) is 9.45 Å². The Bertz CT molecular complexity index is 350. The van der Waals surface area contributed by atoms with E-state index >= 15 is 0 Å². The van der Waals surface area contributed by atoms with E-state index in [0.29, 0.717) is 0 Å². The first-order valence-corrected chi connectivity index (χ1v) is 7.44. The van der Waals surface area contributed by atoms with Crippen LogP contribution in [0.15, 0.2) is 60.7 Å². The van der Waals surface area contributed by atoms with Crippen molar-refractivity contribution in [2.24, 2.45) is 0 Å². The molecule has 0 radical (unpaired) electrons. The van der Waals surface area contributed by atoms with Gasteiger partial charge >= 0.3 is 100 Å². The third-order valence-electron chi connectivity index (χ3n) is 2.34. The molecule has 2 aromatic carbocycles. The topological polar surface area (TPSA) is 0 Å². The summed E-state index contributed by atoms with van der Waals surface area (Å²) in [6.45, 7) is 0. The van der Waals surface area contributed by atoms with Gasteiger partial charge in [0.05, 0.1) is 0 Å². The number of hydrogen-bond acceptors (Lipinski definition) is 0. The van der Waals surface area contributed by atoms with Crippen LogP contribution in [0.25, 0.3) is 0 Å². The Morgan fingerprint density at radius 1 is 0.588 bits per heavy atom. The van der Waals surface area contributed by atoms with E-state index in [2.05, 4.69) is 60.7 Å². The van der Waals surface area contributed by atoms with Gasteiger partial charge in [-0.25, -0.2) is 0 Å². The monoisotopic (exact) mass is 302 g/mol. The van der Waals surface area contributed by atoms with Gasteiger partial charge in [-0.1, -0.05) is 0 Å². The first-order valence-electron chi connectivity index (χ1n) is 5.24. The molecule has 0 saturated heterocycles. The fourth-order valence-corrected chi connectivity index (χ4v) is 3.38. The second kappa shape index (κ2) is 9.73. The van der Waals surface area contributed by atoms with Crippen LogP contribution in [0.5, 0.6) is 0 Å². The van der Waals surface area contributed by atoms with Gasteiger partial charge in [-0.3, -0.25) is 0 Å². The molecular weight excluding hydrogens is 287 g/mol. The molecular formula is C14H16Cl2Ti. The van der Waals surface area contributed by atoms with Gasteiger partial charge in [-0.2, -0.15) is 0 Å². The molecule has 0 aliphatic rings. The van der Waals surface area contributed by atoms with E-state index in [9.17, 15) is 0 Å². The van der Waals surface area contributed by atoms with Crippen LogP contribution in [0.1, 0.15) is 11.1 Å². The number of benzene rings is 2. The van der Waals surface area contributed by atoms with Crippen molar-refractivity contribution < 1.29 is 19.2 Å². The molecule has 0 aliphatic heterocycles. The molecule has 0 nitrogen and oxygen atoms in total. The Labute approximate surface area is 125 Å². The fourth-order valence-electron chi connectivity index (χ4n) is 1.54. The Hall–Kier alpha value is -0.266. The predicted molar refractivity (Wildman–Crippen MR) is 74.8 cm³/mol. The molecule has 0 spiro atoms. The molecule has 0 amide bonds. The predicted octanol–water partition coefficient (Wildman–Crippen LogP) is 4.31. The summed E-state index contributed by atoms with van der Waals surface area (Å²) < 4.78 is 2.60. The van der Waals surface area contributed by atoms with Crippen molar-refractivity contribution in [2.75, 3.05) is 0 Å². The SMILES string of the molecule is Cl.Cl.c1ccc([CH2][Ti][CH2]c2ccccc2)cc1. The zero-order chi connectivity index (χ0) is 10.3. The van der Waals surface area contributed by atoms with Crippen molar-refractivity contribution in [3.8, 4) is 0 Å². The van der Waals surface area contributed by atoms with Gasteiger partial charge in [-0.05, 0) is 0 Å². The molecule has 2 rings (SSSR count). The zero-order valence-electron chi connectivity index (χ0n) is 9.50. The van der Waals surface area contributed by atoms with Crippen molar-refractivity contribution in [1.29, 1.82) is 0 Å². The van der Waals surface area contributed by atoms with Crippen LogP contribution < -0.4 is 0 Å². The third-order valence-corrected chi connectivity index (χ3v) is 4.40. The second-order valence-corrected chi connectivity index (χ2v) is 5.46. The number of rotatable bonds is 4. The summed E-state index contributed by atoms with van der Waals surface area (Å²) in [7, 11) is 0. The third kappa shape index (κ3) is 6.28. The van der Waals surface area contributed by atoms with Crippen LogP contribution in [-0.4, -0.2) is 0 Å². The van der Waals surface area contributed by atoms with Crippen molar-refractivity contribution >= 4 is 24.8 Å². The van der Waals surface area contributed by atoms with Crippen molar-refractivity contribution in [3.05, 3.63) is 71.8 Å². The van der Waals surface area contributed by atoms with Crippen LogP contribution in [-0.2, 0) is 28.6 Å². The minimum absolute atomic E-state index is 0. The van der Waals surface area contributed by atoms with Gasteiger partial charge in [0.25, 0.3) is 0 Å². The van der Waals surface area contributed by atoms with E-state index < -0.39 is 0 Å². The van der Waals surface area contributed by atoms with E-state index in [1.54, 1.807) is 0 Å². The molecule has 0 atom stereocenters. The zero-order valence-corrected chi connectivity index (χ0v) is 12.7. The maximum absolute atomic E-state index is 2.23. The van der Waals surface area contributed by atoms with E-state index in [1.807, 2.05) is 0 Å². The van der Waals surface area contributed by atoms with Gasteiger partial charge in [0.15, 0.2) is 0 Å². The van der Waals surface area contributed by atoms with Crippen molar-refractivity contribution in [3.63, 3.8) is 0 Å². The first kappa shape index (κ1) is 16.7. The fraction of sp³-hybridized carbons (Fsp3) is 0.143. The standard InChI is InChI=1S/2C7H7.2ClH.Ti/c2*1-7-5-3-2-4-6-7;;;/h2*2-6H,1H2;2*1H;. The summed E-state index contributed by atoms with van der Waals surface area (Å²) >= 11 is 0.136. The van der Waals surface area contributed by atoms with Crippen LogP contribution in [0.4, 0.5) is 0 Å². The molecule has 2 aromatic rings. The summed E-state index contributed by atoms with van der Waals surface area (Å²) in [4.78, 5) is 0. The average Bonchev–Trinajstić information content (AvgIpc) is 2.32. The Morgan fingerprint density at radius 3 is 1.29 bits per heavy atom. The first-order chi connectivity index (χ1) is 7.45. The summed E-state index contributed by atoms with van der Waals surface area (Å²) in [5.41, 5.74) is 2.99. The summed E-state index contributed by atoms with van der Waals surface area (Å²) in [5, 5.41) is 0. The number of halogens is 2. The van der Waals surface area contributed by atoms with Crippen LogP contribution >= 0.6 is 24.8 Å². The van der Waals surface area contributed by atoms with E-state index in [4.69, 9.17) is 0 Å². The van der Waals surface area contributed by atoms with E-state index in [-0.39, 0.29) is 44.0 Å². The molecule has 0 fully saturated rings. The van der Waals surface area contributed by atoms with Gasteiger partial charge < -0.3 is 0 Å². The molecule has 90 valence electrons. The molecule has 17 heavy (non-hydrogen) atoms. The quantitative estimate of drug-likeness (QED) is 0.738. The van der Waals surface area contributed by atoms with Gasteiger partial charge in [0.1, 0.15) is 0 Å². The van der Waals surface area contributed by atoms with Crippen molar-refractivity contribution in [1.82, 2.24) is 0 Å². The second-order valence-electron chi connectivity index (χ2n) is 3.57. The molecule has 0 heterocycles. The maximum atomic E-state index is 2.23. The Morgan fingerprint density at radius 2 is 0.941 bits per heavy atom. The molecule has 0 unspecified atom stereocenters. The molecule has 0 saturated carbocycles. The number of hydrogen-bond donors (Lipinski definition) is 0. The molecule has 3 heteroatoms. The summed E-state index contributed by atoms with van der Waals surface area (Å²) in [5.74, 6) is 0. The van der Waals surface area contributed by atoms with Gasteiger partial charge in [-0.15, -0.1) is 24.8 Å². The summed E-state index contributed by atoms with van der Waals surface area (Å²) in [6.07, 6.45) is 0. The van der Waals surface area contributed by atoms with E-state index in [1.165, 1.54) is 20.6 Å². The van der Waals surface area contributed by atoms with Crippen LogP contribution in [0.2, 0.25) is 0 Å². The Kier molecular flexibility index (Phi) is 9.58. The average molecular weight is 303 g/mol. The summed E-state index contributed by atoms with van der Waals surface area (Å²) in [6, 6.07) is 21.6. The van der Waals surface area contributed by atoms with Crippen LogP contribution in [0, 0.1) is 0 Å². The van der Waals surface area contributed by atoms with Crippen LogP contribution in [0.3, 0.4) is 0 Å². The van der Waals surface area contributed by atoms with E-state index in [0.717, 1.165) is 0 Å².